The Morgan fingerprint density at radius 3 is 2.64 bits per heavy atom. The molecular formula is C21H33O3P. The van der Waals surface area contributed by atoms with E-state index in [-0.39, 0.29) is 8.46 Å². The van der Waals surface area contributed by atoms with Crippen LogP contribution in [0.25, 0.3) is 0 Å². The van der Waals surface area contributed by atoms with Gasteiger partial charge in [0.05, 0.1) is 12.2 Å². The molecule has 0 amide bonds. The molecule has 2 N–H and O–H groups in total. The highest BCUT2D eigenvalue weighted by molar-refractivity contribution is 7.23. The van der Waals surface area contributed by atoms with Crippen molar-refractivity contribution in [2.24, 2.45) is 23.2 Å². The summed E-state index contributed by atoms with van der Waals surface area (Å²) in [5, 5.41) is 19.8. The molecule has 3 nitrogen and oxygen atoms in total. The molecule has 3 rings (SSSR count). The summed E-state index contributed by atoms with van der Waals surface area (Å²) < 4.78 is 11.1. The average Bonchev–Trinajstić information content (AvgIpc) is 2.90. The van der Waals surface area contributed by atoms with Crippen LogP contribution in [0.2, 0.25) is 0 Å². The molecule has 3 aliphatic carbocycles. The van der Waals surface area contributed by atoms with Crippen LogP contribution in [0, 0.1) is 23.2 Å². The number of aliphatic hydroxyl groups is 2. The number of hydrogen-bond donors (Lipinski definition) is 2. The first-order valence-corrected chi connectivity index (χ1v) is 11.0. The van der Waals surface area contributed by atoms with Crippen molar-refractivity contribution < 1.29 is 14.8 Å². The van der Waals surface area contributed by atoms with Crippen LogP contribution in [0.1, 0.15) is 65.2 Å². The highest BCUT2D eigenvalue weighted by Gasteiger charge is 2.50. The summed E-state index contributed by atoms with van der Waals surface area (Å²) in [5.41, 5.74) is 3.09. The average molecular weight is 364 g/mol. The summed E-state index contributed by atoms with van der Waals surface area (Å²) in [6, 6.07) is 0. The van der Waals surface area contributed by atoms with Gasteiger partial charge in [-0.3, -0.25) is 4.57 Å². The summed E-state index contributed by atoms with van der Waals surface area (Å²) in [6.45, 7) is 4.73. The van der Waals surface area contributed by atoms with E-state index in [0.29, 0.717) is 42.4 Å². The predicted octanol–water partition coefficient (Wildman–Crippen LogP) is 4.89. The van der Waals surface area contributed by atoms with Gasteiger partial charge in [0.2, 0.25) is 0 Å². The predicted molar refractivity (Wildman–Crippen MR) is 102 cm³/mol. The van der Waals surface area contributed by atoms with Gasteiger partial charge in [-0.05, 0) is 74.5 Å². The molecule has 0 radical (unpaired) electrons. The fraction of sp³-hybridized carbons (Fsp3) is 0.810. The third-order valence-electron chi connectivity index (χ3n) is 7.16. The zero-order chi connectivity index (χ0) is 18.0. The zero-order valence-electron chi connectivity index (χ0n) is 15.7. The van der Waals surface area contributed by atoms with Gasteiger partial charge in [0.1, 0.15) is 0 Å². The number of allylic oxidation sites excluding steroid dienone is 3. The van der Waals surface area contributed by atoms with E-state index in [1.165, 1.54) is 37.7 Å². The van der Waals surface area contributed by atoms with Gasteiger partial charge in [-0.25, -0.2) is 0 Å². The minimum Gasteiger partial charge on any atom is -0.393 e. The summed E-state index contributed by atoms with van der Waals surface area (Å²) in [6.07, 6.45) is 12.6. The van der Waals surface area contributed by atoms with Crippen LogP contribution < -0.4 is 0 Å². The molecule has 3 aliphatic rings. The van der Waals surface area contributed by atoms with Gasteiger partial charge < -0.3 is 10.2 Å². The monoisotopic (exact) mass is 364 g/mol. The Hall–Kier alpha value is -0.500. The molecule has 0 heterocycles. The van der Waals surface area contributed by atoms with Gasteiger partial charge >= 0.3 is 0 Å². The number of aliphatic hydroxyl groups excluding tert-OH is 2. The quantitative estimate of drug-likeness (QED) is 0.698. The SMILES string of the molecule is C[C@H](CP=O)C1CCC2/C(=C/C=C3C[C@@H](O)C[C@H](O)C3)CCC[C@@]21C. The largest absolute Gasteiger partial charge is 0.393 e. The van der Waals surface area contributed by atoms with Crippen LogP contribution in [-0.2, 0) is 4.57 Å². The van der Waals surface area contributed by atoms with Crippen molar-refractivity contribution in [2.75, 3.05) is 6.16 Å². The van der Waals surface area contributed by atoms with Crippen LogP contribution in [0.5, 0.6) is 0 Å². The lowest BCUT2D eigenvalue weighted by molar-refractivity contribution is 0.0609. The molecule has 25 heavy (non-hydrogen) atoms. The van der Waals surface area contributed by atoms with Crippen molar-refractivity contribution >= 4 is 8.46 Å². The Bertz CT molecular complexity index is 543. The lowest BCUT2D eigenvalue weighted by Crippen LogP contribution is -2.36. The maximum Gasteiger partial charge on any atom is 0.155 e. The summed E-state index contributed by atoms with van der Waals surface area (Å²) >= 11 is 0. The molecule has 0 aromatic carbocycles. The van der Waals surface area contributed by atoms with Crippen LogP contribution in [0.15, 0.2) is 23.3 Å². The van der Waals surface area contributed by atoms with Gasteiger partial charge in [-0.1, -0.05) is 37.1 Å². The minimum atomic E-state index is -0.395. The summed E-state index contributed by atoms with van der Waals surface area (Å²) in [5.74, 6) is 1.84. The maximum atomic E-state index is 11.1. The Morgan fingerprint density at radius 1 is 1.24 bits per heavy atom. The first-order valence-electron chi connectivity index (χ1n) is 9.97. The minimum absolute atomic E-state index is 0.283. The fourth-order valence-electron chi connectivity index (χ4n) is 5.99. The molecule has 0 aromatic rings. The smallest absolute Gasteiger partial charge is 0.155 e. The standard InChI is InChI=1S/C21H33O3P/c1-14(13-25-24)19-7-8-20-16(4-3-9-21(19,20)2)6-5-15-10-17(22)12-18(23)11-15/h5-6,14,17-20,22-23H,3-4,7-13H2,1-2H3/b16-6+/t14-,17-,18-,19?,20?,21-/m1/s1. The van der Waals surface area contributed by atoms with E-state index in [2.05, 4.69) is 26.0 Å². The van der Waals surface area contributed by atoms with Crippen molar-refractivity contribution in [3.8, 4) is 0 Å². The molecular weight excluding hydrogens is 331 g/mol. The highest BCUT2D eigenvalue weighted by atomic mass is 31.1. The molecule has 0 aromatic heterocycles. The van der Waals surface area contributed by atoms with Crippen LogP contribution >= 0.6 is 8.46 Å². The second-order valence-electron chi connectivity index (χ2n) is 8.90. The molecule has 0 spiro atoms. The fourth-order valence-corrected chi connectivity index (χ4v) is 6.48. The second-order valence-corrected chi connectivity index (χ2v) is 9.53. The first kappa shape index (κ1) is 19.3. The second kappa shape index (κ2) is 8.03. The van der Waals surface area contributed by atoms with E-state index in [1.54, 1.807) is 5.57 Å². The Labute approximate surface area is 153 Å². The van der Waals surface area contributed by atoms with Gasteiger partial charge in [-0.15, -0.1) is 0 Å². The molecule has 4 heteroatoms. The van der Waals surface area contributed by atoms with Crippen molar-refractivity contribution in [3.05, 3.63) is 23.3 Å². The van der Waals surface area contributed by atoms with E-state index in [9.17, 15) is 14.8 Å². The van der Waals surface area contributed by atoms with Crippen molar-refractivity contribution in [2.45, 2.75) is 77.4 Å². The van der Waals surface area contributed by atoms with E-state index in [1.807, 2.05) is 0 Å². The Morgan fingerprint density at radius 2 is 1.96 bits per heavy atom. The van der Waals surface area contributed by atoms with Crippen molar-refractivity contribution in [1.29, 1.82) is 0 Å². The Kier molecular flexibility index (Phi) is 6.19. The topological polar surface area (TPSA) is 57.5 Å². The molecule has 6 atom stereocenters. The van der Waals surface area contributed by atoms with Crippen LogP contribution in [0.4, 0.5) is 0 Å². The molecule has 0 bridgehead atoms. The molecule has 0 aliphatic heterocycles. The highest BCUT2D eigenvalue weighted by Crippen LogP contribution is 2.59. The third kappa shape index (κ3) is 4.10. The van der Waals surface area contributed by atoms with E-state index in [4.69, 9.17) is 0 Å². The number of rotatable bonds is 4. The number of hydrogen-bond acceptors (Lipinski definition) is 3. The van der Waals surface area contributed by atoms with Gasteiger partial charge in [-0.2, -0.15) is 0 Å². The first-order chi connectivity index (χ1) is 11.9. The van der Waals surface area contributed by atoms with Crippen molar-refractivity contribution in [1.82, 2.24) is 0 Å². The van der Waals surface area contributed by atoms with Crippen LogP contribution in [0.3, 0.4) is 0 Å². The lowest BCUT2D eigenvalue weighted by atomic mass is 9.61. The molecule has 140 valence electrons. The summed E-state index contributed by atoms with van der Waals surface area (Å²) in [7, 11) is 0.283. The third-order valence-corrected chi connectivity index (χ3v) is 7.89. The van der Waals surface area contributed by atoms with E-state index in [0.717, 1.165) is 6.16 Å². The van der Waals surface area contributed by atoms with Crippen LogP contribution in [-0.4, -0.2) is 28.6 Å². The lowest BCUT2D eigenvalue weighted by Gasteiger charge is -2.44. The summed E-state index contributed by atoms with van der Waals surface area (Å²) in [4.78, 5) is 0. The molecule has 0 saturated heterocycles. The van der Waals surface area contributed by atoms with E-state index < -0.39 is 12.2 Å². The molecule has 2 unspecified atom stereocenters. The van der Waals surface area contributed by atoms with Gasteiger partial charge in [0, 0.05) is 6.16 Å². The van der Waals surface area contributed by atoms with E-state index >= 15 is 0 Å². The normalized spacial score (nSPS) is 41.8. The maximum absolute atomic E-state index is 11.1. The van der Waals surface area contributed by atoms with Gasteiger partial charge in [0.25, 0.3) is 0 Å². The molecule has 3 saturated carbocycles. The number of fused-ring (bicyclic) bond motifs is 1. The molecule has 3 fully saturated rings. The Balaban J connectivity index is 1.76. The zero-order valence-corrected chi connectivity index (χ0v) is 16.5. The van der Waals surface area contributed by atoms with Crippen molar-refractivity contribution in [3.63, 3.8) is 0 Å². The van der Waals surface area contributed by atoms with Gasteiger partial charge in [0.15, 0.2) is 8.46 Å².